The van der Waals surface area contributed by atoms with Crippen molar-refractivity contribution in [1.29, 1.82) is 0 Å². The fourth-order valence-corrected chi connectivity index (χ4v) is 2.73. The maximum absolute atomic E-state index is 11.7. The van der Waals surface area contributed by atoms with Crippen molar-refractivity contribution in [3.63, 3.8) is 0 Å². The lowest BCUT2D eigenvalue weighted by atomic mass is 10.2. The molecule has 0 unspecified atom stereocenters. The van der Waals surface area contributed by atoms with Crippen LogP contribution in [0.1, 0.15) is 25.7 Å². The lowest BCUT2D eigenvalue weighted by Crippen LogP contribution is -2.12. The van der Waals surface area contributed by atoms with Crippen LogP contribution in [0.4, 0.5) is 5.69 Å². The van der Waals surface area contributed by atoms with Crippen molar-refractivity contribution in [3.8, 4) is 0 Å². The number of nitrogens with one attached hydrogen (secondary N) is 1. The van der Waals surface area contributed by atoms with Crippen LogP contribution in [0.15, 0.2) is 16.6 Å². The summed E-state index contributed by atoms with van der Waals surface area (Å²) < 4.78 is 0.724. The quantitative estimate of drug-likeness (QED) is 0.734. The normalized spacial score (nSPS) is 10.3. The third-order valence-corrected chi connectivity index (χ3v) is 3.37. The molecule has 0 saturated heterocycles. The van der Waals surface area contributed by atoms with Gasteiger partial charge in [0.05, 0.1) is 15.7 Å². The van der Waals surface area contributed by atoms with Crippen molar-refractivity contribution in [2.45, 2.75) is 25.7 Å². The van der Waals surface area contributed by atoms with Gasteiger partial charge in [-0.05, 0) is 25.0 Å². The maximum atomic E-state index is 11.7. The molecular formula is C12H12BrCl2NO3. The number of carboxylic acid groups (broad SMARTS) is 1. The van der Waals surface area contributed by atoms with E-state index in [0.29, 0.717) is 28.6 Å². The van der Waals surface area contributed by atoms with E-state index in [-0.39, 0.29) is 18.7 Å². The van der Waals surface area contributed by atoms with Gasteiger partial charge < -0.3 is 10.4 Å². The van der Waals surface area contributed by atoms with Gasteiger partial charge in [0.1, 0.15) is 0 Å². The minimum absolute atomic E-state index is 0.0626. The van der Waals surface area contributed by atoms with E-state index in [1.54, 1.807) is 12.1 Å². The first-order valence-corrected chi connectivity index (χ1v) is 7.11. The van der Waals surface area contributed by atoms with Crippen LogP contribution in [0, 0.1) is 0 Å². The van der Waals surface area contributed by atoms with E-state index in [0.717, 1.165) is 4.47 Å². The highest BCUT2D eigenvalue weighted by Gasteiger charge is 2.11. The number of rotatable bonds is 6. The second-order valence-electron chi connectivity index (χ2n) is 3.89. The summed E-state index contributed by atoms with van der Waals surface area (Å²) in [6, 6.07) is 3.26. The van der Waals surface area contributed by atoms with Crippen molar-refractivity contribution in [2.24, 2.45) is 0 Å². The van der Waals surface area contributed by atoms with E-state index in [2.05, 4.69) is 21.2 Å². The van der Waals surface area contributed by atoms with Crippen LogP contribution in [0.2, 0.25) is 10.0 Å². The van der Waals surface area contributed by atoms with Crippen molar-refractivity contribution in [1.82, 2.24) is 0 Å². The standard InChI is InChI=1S/C12H12BrCl2NO3/c13-7-5-8(14)12(9(15)6-7)16-10(17)3-1-2-4-11(18)19/h5-6H,1-4H2,(H,16,17)(H,18,19). The molecule has 7 heteroatoms. The van der Waals surface area contributed by atoms with Crippen LogP contribution in [-0.2, 0) is 9.59 Å². The second kappa shape index (κ2) is 7.72. The molecule has 4 nitrogen and oxygen atoms in total. The predicted molar refractivity (Wildman–Crippen MR) is 78.9 cm³/mol. The van der Waals surface area contributed by atoms with Crippen LogP contribution >= 0.6 is 39.1 Å². The Bertz CT molecular complexity index is 471. The summed E-state index contributed by atoms with van der Waals surface area (Å²) in [6.07, 6.45) is 1.26. The van der Waals surface area contributed by atoms with E-state index >= 15 is 0 Å². The van der Waals surface area contributed by atoms with Crippen LogP contribution in [0.3, 0.4) is 0 Å². The third kappa shape index (κ3) is 5.80. The zero-order chi connectivity index (χ0) is 14.4. The van der Waals surface area contributed by atoms with E-state index in [4.69, 9.17) is 28.3 Å². The molecule has 1 aromatic rings. The first-order chi connectivity index (χ1) is 8.90. The van der Waals surface area contributed by atoms with Crippen molar-refractivity contribution in [2.75, 3.05) is 5.32 Å². The molecule has 1 rings (SSSR count). The Morgan fingerprint density at radius 3 is 2.21 bits per heavy atom. The summed E-state index contributed by atoms with van der Waals surface area (Å²) >= 11 is 15.2. The summed E-state index contributed by atoms with van der Waals surface area (Å²) in [5.41, 5.74) is 0.370. The van der Waals surface area contributed by atoms with Gasteiger partial charge in [0.25, 0.3) is 0 Å². The Morgan fingerprint density at radius 2 is 1.68 bits per heavy atom. The third-order valence-electron chi connectivity index (χ3n) is 2.32. The number of benzene rings is 1. The predicted octanol–water partition coefficient (Wildman–Crippen LogP) is 4.34. The van der Waals surface area contributed by atoms with Crippen molar-refractivity contribution in [3.05, 3.63) is 26.7 Å². The summed E-state index contributed by atoms with van der Waals surface area (Å²) in [5, 5.41) is 11.8. The highest BCUT2D eigenvalue weighted by molar-refractivity contribution is 9.10. The molecule has 0 aliphatic carbocycles. The summed E-state index contributed by atoms with van der Waals surface area (Å²) in [7, 11) is 0. The average molecular weight is 369 g/mol. The number of halogens is 3. The molecular weight excluding hydrogens is 357 g/mol. The summed E-state index contributed by atoms with van der Waals surface area (Å²) in [6.45, 7) is 0. The fraction of sp³-hybridized carbons (Fsp3) is 0.333. The largest absolute Gasteiger partial charge is 0.481 e. The lowest BCUT2D eigenvalue weighted by molar-refractivity contribution is -0.137. The Labute approximate surface area is 129 Å². The molecule has 1 aromatic carbocycles. The van der Waals surface area contributed by atoms with Crippen LogP contribution in [-0.4, -0.2) is 17.0 Å². The molecule has 0 saturated carbocycles. The van der Waals surface area contributed by atoms with Gasteiger partial charge in [-0.2, -0.15) is 0 Å². The molecule has 0 heterocycles. The van der Waals surface area contributed by atoms with E-state index in [1.165, 1.54) is 0 Å². The molecule has 0 aliphatic rings. The van der Waals surface area contributed by atoms with Gasteiger partial charge >= 0.3 is 5.97 Å². The van der Waals surface area contributed by atoms with Gasteiger partial charge in [-0.15, -0.1) is 0 Å². The van der Waals surface area contributed by atoms with E-state index < -0.39 is 5.97 Å². The molecule has 104 valence electrons. The number of hydrogen-bond acceptors (Lipinski definition) is 2. The first-order valence-electron chi connectivity index (χ1n) is 5.56. The smallest absolute Gasteiger partial charge is 0.303 e. The number of unbranched alkanes of at least 4 members (excludes halogenated alkanes) is 1. The number of anilines is 1. The molecule has 0 fully saturated rings. The maximum Gasteiger partial charge on any atom is 0.303 e. The number of carbonyl (C=O) groups excluding carboxylic acids is 1. The highest BCUT2D eigenvalue weighted by Crippen LogP contribution is 2.33. The molecule has 0 radical (unpaired) electrons. The van der Waals surface area contributed by atoms with Gasteiger partial charge in [-0.25, -0.2) is 0 Å². The number of carboxylic acids is 1. The van der Waals surface area contributed by atoms with Crippen molar-refractivity contribution >= 4 is 56.7 Å². The number of hydrogen-bond donors (Lipinski definition) is 2. The highest BCUT2D eigenvalue weighted by atomic mass is 79.9. The average Bonchev–Trinajstić information content (AvgIpc) is 2.29. The molecule has 0 atom stereocenters. The molecule has 0 aromatic heterocycles. The molecule has 2 N–H and O–H groups in total. The summed E-state index contributed by atoms with van der Waals surface area (Å²) in [5.74, 6) is -1.10. The molecule has 0 spiro atoms. The van der Waals surface area contributed by atoms with Crippen LogP contribution < -0.4 is 5.32 Å². The second-order valence-corrected chi connectivity index (χ2v) is 5.62. The monoisotopic (exact) mass is 367 g/mol. The minimum atomic E-state index is -0.862. The Kier molecular flexibility index (Phi) is 6.62. The molecule has 0 aliphatic heterocycles. The zero-order valence-corrected chi connectivity index (χ0v) is 13.0. The van der Waals surface area contributed by atoms with Gasteiger partial charge in [-0.1, -0.05) is 39.1 Å². The fourth-order valence-electron chi connectivity index (χ4n) is 1.43. The first kappa shape index (κ1) is 16.3. The van der Waals surface area contributed by atoms with E-state index in [1.807, 2.05) is 0 Å². The SMILES string of the molecule is O=C(O)CCCCC(=O)Nc1c(Cl)cc(Br)cc1Cl. The number of carbonyl (C=O) groups is 2. The van der Waals surface area contributed by atoms with Gasteiger partial charge in [0.15, 0.2) is 0 Å². The molecule has 19 heavy (non-hydrogen) atoms. The van der Waals surface area contributed by atoms with Gasteiger partial charge in [0.2, 0.25) is 5.91 Å². The molecule has 0 bridgehead atoms. The van der Waals surface area contributed by atoms with Gasteiger partial charge in [0, 0.05) is 17.3 Å². The Hall–Kier alpha value is -0.780. The Balaban J connectivity index is 2.51. The number of amides is 1. The Morgan fingerprint density at radius 1 is 1.16 bits per heavy atom. The minimum Gasteiger partial charge on any atom is -0.481 e. The van der Waals surface area contributed by atoms with E-state index in [9.17, 15) is 9.59 Å². The summed E-state index contributed by atoms with van der Waals surface area (Å²) in [4.78, 5) is 22.0. The van der Waals surface area contributed by atoms with Crippen LogP contribution in [0.5, 0.6) is 0 Å². The molecule has 1 amide bonds. The van der Waals surface area contributed by atoms with Crippen LogP contribution in [0.25, 0.3) is 0 Å². The van der Waals surface area contributed by atoms with Gasteiger partial charge in [-0.3, -0.25) is 9.59 Å². The zero-order valence-electron chi connectivity index (χ0n) is 9.88. The lowest BCUT2D eigenvalue weighted by Gasteiger charge is -2.09. The number of aliphatic carboxylic acids is 1. The van der Waals surface area contributed by atoms with Crippen molar-refractivity contribution < 1.29 is 14.7 Å². The topological polar surface area (TPSA) is 66.4 Å².